The standard InChI is InChI=1S/Ag.Al.Co.Li.O/q+1;+3;+2;+1;-2. The van der Waals surface area contributed by atoms with Crippen molar-refractivity contribution in [3.8, 4) is 0 Å². The van der Waals surface area contributed by atoms with Gasteiger partial charge < -0.3 is 5.48 Å². The zero-order valence-electron chi connectivity index (χ0n) is 2.62. The van der Waals surface area contributed by atoms with Crippen LogP contribution in [0.15, 0.2) is 0 Å². The van der Waals surface area contributed by atoms with Gasteiger partial charge in [0.25, 0.3) is 0 Å². The Bertz CT molecular complexity index is 11.6. The van der Waals surface area contributed by atoms with Crippen LogP contribution in [0.25, 0.3) is 0 Å². The van der Waals surface area contributed by atoms with E-state index in [1.165, 1.54) is 0 Å². The van der Waals surface area contributed by atoms with Gasteiger partial charge in [0.2, 0.25) is 0 Å². The molecule has 1 nitrogen and oxygen atoms in total. The maximum Gasteiger partial charge on any atom is 3.00 e. The van der Waals surface area contributed by atoms with E-state index in [2.05, 4.69) is 0 Å². The van der Waals surface area contributed by atoms with Gasteiger partial charge in [0.15, 0.2) is 0 Å². The first-order valence-corrected chi connectivity index (χ1v) is 0. The monoisotopic (exact) mass is 216 g/mol. The van der Waals surface area contributed by atoms with Crippen LogP contribution in [0, 0.1) is 0 Å². The number of hydrogen-bond acceptors (Lipinski definition) is 0. The molecule has 0 aliphatic rings. The van der Waals surface area contributed by atoms with E-state index in [1.807, 2.05) is 0 Å². The minimum atomic E-state index is 0. The van der Waals surface area contributed by atoms with Gasteiger partial charge in [0.05, 0.1) is 0 Å². The molecule has 5 heteroatoms. The van der Waals surface area contributed by atoms with Crippen molar-refractivity contribution in [1.82, 2.24) is 0 Å². The molecule has 25 valence electrons. The Hall–Kier alpha value is 2.34. The van der Waals surface area contributed by atoms with Crippen molar-refractivity contribution in [3.05, 3.63) is 0 Å². The van der Waals surface area contributed by atoms with Crippen LogP contribution in [0.3, 0.4) is 0 Å². The first-order chi connectivity index (χ1) is 0. The van der Waals surface area contributed by atoms with E-state index >= 15 is 0 Å². The van der Waals surface area contributed by atoms with Crippen LogP contribution >= 0.6 is 0 Å². The fourth-order valence-corrected chi connectivity index (χ4v) is 0. The van der Waals surface area contributed by atoms with Gasteiger partial charge in [0.1, 0.15) is 0 Å². The second-order valence-corrected chi connectivity index (χ2v) is 0. The summed E-state index contributed by atoms with van der Waals surface area (Å²) < 4.78 is 0. The molecule has 0 aliphatic heterocycles. The van der Waals surface area contributed by atoms with Crippen molar-refractivity contribution in [1.29, 1.82) is 0 Å². The summed E-state index contributed by atoms with van der Waals surface area (Å²) in [5.74, 6) is 0. The van der Waals surface area contributed by atoms with Crippen LogP contribution in [0.2, 0.25) is 0 Å². The molecule has 0 atom stereocenters. The zero-order chi connectivity index (χ0) is 0. The van der Waals surface area contributed by atoms with Crippen LogP contribution in [-0.2, 0) is 44.6 Å². The Morgan fingerprint density at radius 2 is 1.00 bits per heavy atom. The molecule has 1 radical (unpaired) electrons. The minimum Gasteiger partial charge on any atom is -2.00 e. The van der Waals surface area contributed by atoms with Gasteiger partial charge in [-0.05, 0) is 0 Å². The van der Waals surface area contributed by atoms with Crippen molar-refractivity contribution < 1.29 is 63.5 Å². The summed E-state index contributed by atoms with van der Waals surface area (Å²) in [6, 6.07) is 0. The third-order valence-electron chi connectivity index (χ3n) is 0. The molecule has 0 aromatic carbocycles. The van der Waals surface area contributed by atoms with Crippen molar-refractivity contribution in [2.75, 3.05) is 0 Å². The van der Waals surface area contributed by atoms with E-state index in [0.717, 1.165) is 0 Å². The maximum atomic E-state index is 0. The molecule has 5 heavy (non-hydrogen) atoms. The van der Waals surface area contributed by atoms with Gasteiger partial charge in [-0.15, -0.1) is 0 Å². The maximum absolute atomic E-state index is 0. The van der Waals surface area contributed by atoms with E-state index in [1.54, 1.807) is 0 Å². The first-order valence-electron chi connectivity index (χ1n) is 0. The summed E-state index contributed by atoms with van der Waals surface area (Å²) in [6.07, 6.45) is 0. The van der Waals surface area contributed by atoms with Gasteiger partial charge in [-0.25, -0.2) is 0 Å². The van der Waals surface area contributed by atoms with Gasteiger partial charge >= 0.3 is 75.4 Å². The average Bonchev–Trinajstić information content (AvgIpc) is 0. The topological polar surface area (TPSA) is 28.5 Å². The summed E-state index contributed by atoms with van der Waals surface area (Å²) in [4.78, 5) is 0. The molecule has 0 heterocycles. The molecule has 0 amide bonds. The van der Waals surface area contributed by atoms with Crippen LogP contribution in [0.4, 0.5) is 0 Å². The Balaban J connectivity index is 0. The largest absolute Gasteiger partial charge is 3.00 e. The molecule has 0 fully saturated rings. The first kappa shape index (κ1) is 54.0. The fourth-order valence-electron chi connectivity index (χ4n) is 0. The van der Waals surface area contributed by atoms with Gasteiger partial charge in [-0.1, -0.05) is 0 Å². The van der Waals surface area contributed by atoms with E-state index in [4.69, 9.17) is 0 Å². The van der Waals surface area contributed by atoms with Crippen molar-refractivity contribution in [3.63, 3.8) is 0 Å². The molecule has 0 aliphatic carbocycles. The van der Waals surface area contributed by atoms with Crippen molar-refractivity contribution in [2.45, 2.75) is 0 Å². The molecule has 0 aromatic rings. The van der Waals surface area contributed by atoms with Crippen molar-refractivity contribution in [2.24, 2.45) is 0 Å². The molecule has 0 N–H and O–H groups in total. The molecular formula is AgAlCoLiO+5. The van der Waals surface area contributed by atoms with Gasteiger partial charge in [-0.3, -0.25) is 0 Å². The van der Waals surface area contributed by atoms with Crippen LogP contribution < -0.4 is 18.9 Å². The third-order valence-corrected chi connectivity index (χ3v) is 0. The predicted molar refractivity (Wildman–Crippen MR) is 6.44 cm³/mol. The molecule has 0 rings (SSSR count). The second kappa shape index (κ2) is 33.1. The van der Waals surface area contributed by atoms with Crippen molar-refractivity contribution >= 4 is 17.4 Å². The summed E-state index contributed by atoms with van der Waals surface area (Å²) in [7, 11) is 0. The average molecular weight is 217 g/mol. The van der Waals surface area contributed by atoms with Gasteiger partial charge in [-0.2, -0.15) is 0 Å². The fraction of sp³-hybridized carbons (Fsp3) is 0. The molecule has 0 saturated heterocycles. The zero-order valence-corrected chi connectivity index (χ0v) is 6.30. The summed E-state index contributed by atoms with van der Waals surface area (Å²) >= 11 is 0. The molecule has 0 spiro atoms. The van der Waals surface area contributed by atoms with E-state index in [9.17, 15) is 0 Å². The molecule has 0 aromatic heterocycles. The van der Waals surface area contributed by atoms with E-state index in [-0.39, 0.29) is 80.9 Å². The summed E-state index contributed by atoms with van der Waals surface area (Å²) in [5, 5.41) is 0. The molecule has 0 unspecified atom stereocenters. The number of hydrogen-bond donors (Lipinski definition) is 0. The SMILES string of the molecule is [Ag+].[Al+3].[Co+2].[Li+].[O-2]. The minimum absolute atomic E-state index is 0. The Morgan fingerprint density at radius 1 is 1.00 bits per heavy atom. The van der Waals surface area contributed by atoms with Crippen LogP contribution in [0.5, 0.6) is 0 Å². The normalized spacial score (nSPS) is 0. The third kappa shape index (κ3) is 21.8. The second-order valence-electron chi connectivity index (χ2n) is 0. The smallest absolute Gasteiger partial charge is 2.00 e. The van der Waals surface area contributed by atoms with E-state index in [0.29, 0.717) is 0 Å². The van der Waals surface area contributed by atoms with Crippen LogP contribution in [0.1, 0.15) is 0 Å². The Labute approximate surface area is 80.0 Å². The Kier molecular flexibility index (Phi) is 357. The summed E-state index contributed by atoms with van der Waals surface area (Å²) in [6.45, 7) is 0. The predicted octanol–water partition coefficient (Wildman–Crippen LogP) is -3.50. The molecule has 0 bridgehead atoms. The van der Waals surface area contributed by atoms with Crippen LogP contribution in [-0.4, -0.2) is 17.4 Å². The Morgan fingerprint density at radius 3 is 1.00 bits per heavy atom. The molecule has 0 saturated carbocycles. The summed E-state index contributed by atoms with van der Waals surface area (Å²) in [5.41, 5.74) is 0. The number of rotatable bonds is 0. The van der Waals surface area contributed by atoms with Gasteiger partial charge in [0, 0.05) is 0 Å². The molecular weight excluding hydrogens is 217 g/mol. The quantitative estimate of drug-likeness (QED) is 0.376. The van der Waals surface area contributed by atoms with E-state index < -0.39 is 0 Å².